The maximum Gasteiger partial charge on any atom is 0.677 e. The Labute approximate surface area is 163 Å². The van der Waals surface area contributed by atoms with Gasteiger partial charge in [0.25, 0.3) is 0 Å². The van der Waals surface area contributed by atoms with Crippen molar-refractivity contribution >= 4 is 24.7 Å². The van der Waals surface area contributed by atoms with Crippen LogP contribution < -0.4 is 0 Å². The molecule has 144 valence electrons. The van der Waals surface area contributed by atoms with E-state index >= 15 is 0 Å². The first-order chi connectivity index (χ1) is 13.3. The van der Waals surface area contributed by atoms with Gasteiger partial charge < -0.3 is 9.21 Å². The van der Waals surface area contributed by atoms with Crippen molar-refractivity contribution in [1.82, 2.24) is 4.48 Å². The maximum atomic E-state index is 13.8. The lowest BCUT2D eigenvalue weighted by Crippen LogP contribution is -2.21. The lowest BCUT2D eigenvalue weighted by atomic mass is 10.0. The molecular weight excluding hydrogens is 361 g/mol. The second-order valence-corrected chi connectivity index (χ2v) is 6.83. The summed E-state index contributed by atoms with van der Waals surface area (Å²) < 4.78 is 33.9. The zero-order chi connectivity index (χ0) is 20.4. The molecule has 0 N–H and O–H groups in total. The number of halogens is 2. The Hall–Kier alpha value is -2.96. The van der Waals surface area contributed by atoms with E-state index in [9.17, 15) is 13.4 Å². The van der Waals surface area contributed by atoms with Crippen molar-refractivity contribution in [2.75, 3.05) is 0 Å². The SMILES string of the molecule is CC1=CC(C)=N/C1=C(\C(=O)OCc1ccccc1)c1c(C)cc(C)n1B(F)F. The summed E-state index contributed by atoms with van der Waals surface area (Å²) >= 11 is 0. The van der Waals surface area contributed by atoms with Crippen LogP contribution >= 0.6 is 0 Å². The third-order valence-corrected chi connectivity index (χ3v) is 4.59. The van der Waals surface area contributed by atoms with Gasteiger partial charge in [-0.2, -0.15) is 0 Å². The van der Waals surface area contributed by atoms with Gasteiger partial charge in [-0.3, -0.25) is 13.6 Å². The summed E-state index contributed by atoms with van der Waals surface area (Å²) in [6.07, 6.45) is 1.82. The van der Waals surface area contributed by atoms with Crippen molar-refractivity contribution in [3.05, 3.63) is 76.3 Å². The largest absolute Gasteiger partial charge is 0.677 e. The summed E-state index contributed by atoms with van der Waals surface area (Å²) in [5.41, 5.74) is 3.79. The molecule has 0 amide bonds. The Balaban J connectivity index is 2.10. The highest BCUT2D eigenvalue weighted by molar-refractivity contribution is 6.42. The lowest BCUT2D eigenvalue weighted by Gasteiger charge is -2.15. The molecule has 0 aliphatic carbocycles. The van der Waals surface area contributed by atoms with Gasteiger partial charge in [-0.05, 0) is 56.5 Å². The number of carbonyl (C=O) groups is 1. The minimum absolute atomic E-state index is 0.0509. The second-order valence-electron chi connectivity index (χ2n) is 6.83. The number of hydrogen-bond donors (Lipinski definition) is 0. The third kappa shape index (κ3) is 3.83. The highest BCUT2D eigenvalue weighted by Gasteiger charge is 2.32. The van der Waals surface area contributed by atoms with Crippen molar-refractivity contribution in [2.45, 2.75) is 34.3 Å². The highest BCUT2D eigenvalue weighted by atomic mass is 19.2. The molecule has 0 fully saturated rings. The smallest absolute Gasteiger partial charge is 0.457 e. The second kappa shape index (κ2) is 7.96. The molecule has 0 bridgehead atoms. The number of carbonyl (C=O) groups excluding carboxylic acids is 1. The number of rotatable bonds is 5. The molecule has 1 aliphatic rings. The van der Waals surface area contributed by atoms with Crippen molar-refractivity contribution < 1.29 is 18.2 Å². The van der Waals surface area contributed by atoms with E-state index in [0.29, 0.717) is 22.7 Å². The Kier molecular flexibility index (Phi) is 5.63. The molecule has 0 spiro atoms. The molecule has 4 nitrogen and oxygen atoms in total. The number of ether oxygens (including phenoxy) is 1. The van der Waals surface area contributed by atoms with Crippen LogP contribution in [0, 0.1) is 13.8 Å². The molecule has 2 heterocycles. The summed E-state index contributed by atoms with van der Waals surface area (Å²) in [5.74, 6) is -0.673. The molecule has 0 saturated heterocycles. The molecule has 7 heteroatoms. The zero-order valence-corrected chi connectivity index (χ0v) is 16.3. The van der Waals surface area contributed by atoms with Crippen LogP contribution in [0.4, 0.5) is 8.63 Å². The van der Waals surface area contributed by atoms with E-state index in [2.05, 4.69) is 4.99 Å². The van der Waals surface area contributed by atoms with E-state index in [1.165, 1.54) is 0 Å². The fourth-order valence-electron chi connectivity index (χ4n) is 3.42. The summed E-state index contributed by atoms with van der Waals surface area (Å²) in [4.78, 5) is 17.5. The van der Waals surface area contributed by atoms with Crippen LogP contribution in [-0.2, 0) is 16.1 Å². The highest BCUT2D eigenvalue weighted by Crippen LogP contribution is 2.33. The van der Waals surface area contributed by atoms with Gasteiger partial charge in [0.15, 0.2) is 0 Å². The van der Waals surface area contributed by atoms with Gasteiger partial charge in [0.2, 0.25) is 0 Å². The number of benzene rings is 1. The topological polar surface area (TPSA) is 43.6 Å². The van der Waals surface area contributed by atoms with Crippen LogP contribution in [0.2, 0.25) is 0 Å². The van der Waals surface area contributed by atoms with Crippen LogP contribution in [-0.4, -0.2) is 23.6 Å². The lowest BCUT2D eigenvalue weighted by molar-refractivity contribution is -0.137. The number of aromatic nitrogens is 1. The molecule has 1 aromatic heterocycles. The Morgan fingerprint density at radius 3 is 2.39 bits per heavy atom. The van der Waals surface area contributed by atoms with E-state index < -0.39 is 13.4 Å². The molecule has 0 saturated carbocycles. The first kappa shape index (κ1) is 19.8. The van der Waals surface area contributed by atoms with Crippen molar-refractivity contribution in [3.8, 4) is 0 Å². The van der Waals surface area contributed by atoms with E-state index in [1.807, 2.05) is 36.4 Å². The average Bonchev–Trinajstić information content (AvgIpc) is 3.12. The molecule has 1 aliphatic heterocycles. The summed E-state index contributed by atoms with van der Waals surface area (Å²) in [7, 11) is -2.78. The van der Waals surface area contributed by atoms with Crippen LogP contribution in [0.15, 0.2) is 58.7 Å². The van der Waals surface area contributed by atoms with E-state index in [0.717, 1.165) is 15.6 Å². The number of allylic oxidation sites excluding steroid dienone is 2. The zero-order valence-electron chi connectivity index (χ0n) is 16.3. The fraction of sp³-hybridized carbons (Fsp3) is 0.238. The summed E-state index contributed by atoms with van der Waals surface area (Å²) in [6, 6.07) is 10.9. The number of aryl methyl sites for hydroxylation is 2. The number of hydrogen-bond acceptors (Lipinski definition) is 3. The molecule has 0 radical (unpaired) electrons. The van der Waals surface area contributed by atoms with Gasteiger partial charge in [-0.1, -0.05) is 30.3 Å². The predicted octanol–water partition coefficient (Wildman–Crippen LogP) is 4.75. The van der Waals surface area contributed by atoms with E-state index in [4.69, 9.17) is 4.74 Å². The first-order valence-electron chi connectivity index (χ1n) is 8.95. The van der Waals surface area contributed by atoms with Crippen LogP contribution in [0.3, 0.4) is 0 Å². The van der Waals surface area contributed by atoms with Gasteiger partial charge in [-0.25, -0.2) is 4.79 Å². The van der Waals surface area contributed by atoms with Gasteiger partial charge >= 0.3 is 13.4 Å². The minimum atomic E-state index is -2.78. The number of esters is 1. The molecule has 0 atom stereocenters. The summed E-state index contributed by atoms with van der Waals surface area (Å²) in [6.45, 7) is 6.95. The van der Waals surface area contributed by atoms with Gasteiger partial charge in [0, 0.05) is 11.4 Å². The van der Waals surface area contributed by atoms with Crippen molar-refractivity contribution in [2.24, 2.45) is 4.99 Å². The third-order valence-electron chi connectivity index (χ3n) is 4.59. The quantitative estimate of drug-likeness (QED) is 0.426. The van der Waals surface area contributed by atoms with Gasteiger partial charge in [0.05, 0.1) is 11.4 Å². The number of aliphatic imine (C=N–C) groups is 1. The molecule has 3 rings (SSSR count). The molecular formula is C21H21BF2N2O2. The Morgan fingerprint density at radius 1 is 1.14 bits per heavy atom. The van der Waals surface area contributed by atoms with Crippen molar-refractivity contribution in [1.29, 1.82) is 0 Å². The van der Waals surface area contributed by atoms with Crippen molar-refractivity contribution in [3.63, 3.8) is 0 Å². The summed E-state index contributed by atoms with van der Waals surface area (Å²) in [5, 5.41) is 0. The van der Waals surface area contributed by atoms with Gasteiger partial charge in [-0.15, -0.1) is 0 Å². The fourth-order valence-corrected chi connectivity index (χ4v) is 3.42. The van der Waals surface area contributed by atoms with Gasteiger partial charge in [0.1, 0.15) is 12.2 Å². The monoisotopic (exact) mass is 382 g/mol. The molecule has 2 aromatic rings. The van der Waals surface area contributed by atoms with Crippen LogP contribution in [0.25, 0.3) is 5.57 Å². The predicted molar refractivity (Wildman–Crippen MR) is 107 cm³/mol. The van der Waals surface area contributed by atoms with E-state index in [1.54, 1.807) is 33.8 Å². The average molecular weight is 382 g/mol. The van der Waals surface area contributed by atoms with Crippen LogP contribution in [0.5, 0.6) is 0 Å². The minimum Gasteiger partial charge on any atom is -0.457 e. The molecule has 0 unspecified atom stereocenters. The van der Waals surface area contributed by atoms with E-state index in [-0.39, 0.29) is 17.9 Å². The van der Waals surface area contributed by atoms with Crippen LogP contribution in [0.1, 0.15) is 36.4 Å². The first-order valence-corrected chi connectivity index (χ1v) is 8.95. The number of nitrogens with zero attached hydrogens (tertiary/aromatic N) is 2. The normalized spacial score (nSPS) is 15.2. The maximum absolute atomic E-state index is 13.8. The Morgan fingerprint density at radius 2 is 1.82 bits per heavy atom. The Bertz CT molecular complexity index is 1000. The molecule has 28 heavy (non-hydrogen) atoms. The molecule has 1 aromatic carbocycles. The standard InChI is InChI=1S/C21H21BF2N2O2/c1-13-10-15(3)25-19(13)18(20-14(2)11-16(4)26(20)22(23)24)21(27)28-12-17-8-6-5-7-9-17/h5-11H,12H2,1-4H3/b19-18-.